The Morgan fingerprint density at radius 3 is 2.89 bits per heavy atom. The predicted octanol–water partition coefficient (Wildman–Crippen LogP) is 2.17. The van der Waals surface area contributed by atoms with Crippen LogP contribution in [0.25, 0.3) is 0 Å². The van der Waals surface area contributed by atoms with Gasteiger partial charge in [-0.15, -0.1) is 0 Å². The van der Waals surface area contributed by atoms with Crippen LogP contribution in [0.15, 0.2) is 23.0 Å². The van der Waals surface area contributed by atoms with Crippen molar-refractivity contribution in [2.24, 2.45) is 5.92 Å². The quantitative estimate of drug-likeness (QED) is 0.771. The molecular weight excluding hydrogens is 236 g/mol. The van der Waals surface area contributed by atoms with Crippen LogP contribution < -0.4 is 0 Å². The zero-order valence-electron chi connectivity index (χ0n) is 10.3. The van der Waals surface area contributed by atoms with Crippen LogP contribution >= 0.6 is 0 Å². The van der Waals surface area contributed by atoms with Crippen molar-refractivity contribution in [2.45, 2.75) is 31.8 Å². The van der Waals surface area contributed by atoms with Crippen LogP contribution in [0, 0.1) is 5.92 Å². The van der Waals surface area contributed by atoms with Gasteiger partial charge in [-0.3, -0.25) is 4.79 Å². The molecule has 0 saturated heterocycles. The lowest BCUT2D eigenvalue weighted by molar-refractivity contribution is -0.148. The summed E-state index contributed by atoms with van der Waals surface area (Å²) in [4.78, 5) is 23.2. The van der Waals surface area contributed by atoms with Crippen molar-refractivity contribution >= 4 is 11.9 Å². The minimum absolute atomic E-state index is 0.161. The van der Waals surface area contributed by atoms with Crippen molar-refractivity contribution in [2.75, 3.05) is 7.11 Å². The molecule has 0 amide bonds. The third-order valence-electron chi connectivity index (χ3n) is 3.19. The van der Waals surface area contributed by atoms with Gasteiger partial charge in [-0.2, -0.15) is 0 Å². The highest BCUT2D eigenvalue weighted by Crippen LogP contribution is 2.27. The molecule has 0 N–H and O–H groups in total. The summed E-state index contributed by atoms with van der Waals surface area (Å²) in [6, 6.07) is 1.56. The predicted molar refractivity (Wildman–Crippen MR) is 61.9 cm³/mol. The van der Waals surface area contributed by atoms with Gasteiger partial charge in [0.05, 0.1) is 24.9 Å². The summed E-state index contributed by atoms with van der Waals surface area (Å²) in [6.45, 7) is 0. The van der Waals surface area contributed by atoms with E-state index in [0.29, 0.717) is 12.0 Å². The monoisotopic (exact) mass is 252 g/mol. The second kappa shape index (κ2) is 5.71. The van der Waals surface area contributed by atoms with Crippen LogP contribution in [0.4, 0.5) is 0 Å². The Morgan fingerprint density at radius 1 is 1.39 bits per heavy atom. The molecule has 0 spiro atoms. The lowest BCUT2D eigenvalue weighted by Crippen LogP contribution is -2.30. The molecule has 5 nitrogen and oxygen atoms in total. The van der Waals surface area contributed by atoms with Crippen molar-refractivity contribution in [3.05, 3.63) is 24.2 Å². The second-order valence-corrected chi connectivity index (χ2v) is 4.43. The summed E-state index contributed by atoms with van der Waals surface area (Å²) in [5, 5.41) is 0. The number of methoxy groups -OCH3 is 1. The topological polar surface area (TPSA) is 65.7 Å². The molecule has 0 bridgehead atoms. The fourth-order valence-corrected chi connectivity index (χ4v) is 2.23. The molecule has 0 unspecified atom stereocenters. The summed E-state index contributed by atoms with van der Waals surface area (Å²) >= 11 is 0. The fraction of sp³-hybridized carbons (Fsp3) is 0.538. The molecule has 18 heavy (non-hydrogen) atoms. The highest BCUT2D eigenvalue weighted by Gasteiger charge is 2.30. The van der Waals surface area contributed by atoms with Gasteiger partial charge in [0.1, 0.15) is 12.4 Å². The van der Waals surface area contributed by atoms with Crippen LogP contribution in [-0.4, -0.2) is 25.2 Å². The zero-order valence-corrected chi connectivity index (χ0v) is 10.3. The maximum Gasteiger partial charge on any atom is 0.341 e. The van der Waals surface area contributed by atoms with Crippen LogP contribution in [0.2, 0.25) is 0 Å². The van der Waals surface area contributed by atoms with Gasteiger partial charge in [0.25, 0.3) is 0 Å². The van der Waals surface area contributed by atoms with E-state index in [1.165, 1.54) is 19.6 Å². The highest BCUT2D eigenvalue weighted by atomic mass is 16.5. The Kier molecular flexibility index (Phi) is 4.02. The van der Waals surface area contributed by atoms with E-state index >= 15 is 0 Å². The first kappa shape index (κ1) is 12.7. The molecule has 1 fully saturated rings. The largest absolute Gasteiger partial charge is 0.472 e. The number of carbonyl (C=O) groups is 2. The van der Waals surface area contributed by atoms with Gasteiger partial charge >= 0.3 is 11.9 Å². The summed E-state index contributed by atoms with van der Waals surface area (Å²) < 4.78 is 14.9. The molecule has 98 valence electrons. The zero-order chi connectivity index (χ0) is 13.0. The molecule has 1 heterocycles. The first-order valence-corrected chi connectivity index (χ1v) is 6.01. The molecule has 1 aliphatic rings. The number of esters is 2. The number of ether oxygens (including phenoxy) is 2. The molecule has 0 aromatic carbocycles. The van der Waals surface area contributed by atoms with Crippen molar-refractivity contribution in [1.82, 2.24) is 0 Å². The van der Waals surface area contributed by atoms with Crippen LogP contribution in [0.1, 0.15) is 36.0 Å². The summed E-state index contributed by atoms with van der Waals surface area (Å²) in [6.07, 6.45) is 5.55. The standard InChI is InChI=1S/C13H16O5/c1-16-12(14)9-3-2-4-11(7-9)18-13(15)10-5-6-17-8-10/h5-6,8-9,11H,2-4,7H2,1H3/t9-,11+/m0/s1. The number of hydrogen-bond donors (Lipinski definition) is 0. The van der Waals surface area contributed by atoms with E-state index in [1.54, 1.807) is 6.07 Å². The van der Waals surface area contributed by atoms with Gasteiger partial charge in [0, 0.05) is 0 Å². The Morgan fingerprint density at radius 2 is 2.22 bits per heavy atom. The molecule has 2 rings (SSSR count). The smallest absolute Gasteiger partial charge is 0.341 e. The van der Waals surface area contributed by atoms with Crippen LogP contribution in [0.3, 0.4) is 0 Å². The molecule has 0 radical (unpaired) electrons. The van der Waals surface area contributed by atoms with Crippen LogP contribution in [-0.2, 0) is 14.3 Å². The van der Waals surface area contributed by atoms with Crippen molar-refractivity contribution in [3.63, 3.8) is 0 Å². The highest BCUT2D eigenvalue weighted by molar-refractivity contribution is 5.89. The van der Waals surface area contributed by atoms with Crippen molar-refractivity contribution in [1.29, 1.82) is 0 Å². The van der Waals surface area contributed by atoms with Gasteiger partial charge in [-0.1, -0.05) is 0 Å². The Labute approximate surface area is 105 Å². The molecule has 1 aromatic heterocycles. The van der Waals surface area contributed by atoms with Gasteiger partial charge in [-0.05, 0) is 31.7 Å². The van der Waals surface area contributed by atoms with Gasteiger partial charge < -0.3 is 13.9 Å². The molecule has 1 saturated carbocycles. The van der Waals surface area contributed by atoms with E-state index in [9.17, 15) is 9.59 Å². The van der Waals surface area contributed by atoms with Gasteiger partial charge in [0.15, 0.2) is 0 Å². The Bertz CT molecular complexity index is 409. The molecular formula is C13H16O5. The van der Waals surface area contributed by atoms with Crippen molar-refractivity contribution < 1.29 is 23.5 Å². The maximum absolute atomic E-state index is 11.7. The van der Waals surface area contributed by atoms with E-state index in [1.807, 2.05) is 0 Å². The second-order valence-electron chi connectivity index (χ2n) is 4.43. The first-order valence-electron chi connectivity index (χ1n) is 6.01. The van der Waals surface area contributed by atoms with Crippen molar-refractivity contribution in [3.8, 4) is 0 Å². The molecule has 1 aliphatic carbocycles. The molecule has 2 atom stereocenters. The number of rotatable bonds is 3. The summed E-state index contributed by atoms with van der Waals surface area (Å²) in [5.74, 6) is -0.788. The molecule has 1 aromatic rings. The minimum Gasteiger partial charge on any atom is -0.472 e. The third-order valence-corrected chi connectivity index (χ3v) is 3.19. The maximum atomic E-state index is 11.7. The van der Waals surface area contributed by atoms with E-state index < -0.39 is 5.97 Å². The summed E-state index contributed by atoms with van der Waals surface area (Å²) in [5.41, 5.74) is 0.398. The number of furan rings is 1. The lowest BCUT2D eigenvalue weighted by Gasteiger charge is -2.27. The minimum atomic E-state index is -0.403. The van der Waals surface area contributed by atoms with Gasteiger partial charge in [-0.25, -0.2) is 4.79 Å². The summed E-state index contributed by atoms with van der Waals surface area (Å²) in [7, 11) is 1.38. The van der Waals surface area contributed by atoms with Crippen LogP contribution in [0.5, 0.6) is 0 Å². The average molecular weight is 252 g/mol. The Balaban J connectivity index is 1.90. The van der Waals surface area contributed by atoms with E-state index in [-0.39, 0.29) is 18.0 Å². The van der Waals surface area contributed by atoms with E-state index in [2.05, 4.69) is 0 Å². The SMILES string of the molecule is COC(=O)[C@H]1CCC[C@@H](OC(=O)c2ccoc2)C1. The van der Waals surface area contributed by atoms with E-state index in [0.717, 1.165) is 19.3 Å². The molecule has 0 aliphatic heterocycles. The van der Waals surface area contributed by atoms with E-state index in [4.69, 9.17) is 13.9 Å². The third kappa shape index (κ3) is 2.91. The normalized spacial score (nSPS) is 23.4. The lowest BCUT2D eigenvalue weighted by atomic mass is 9.87. The Hall–Kier alpha value is -1.78. The first-order chi connectivity index (χ1) is 8.70. The number of hydrogen-bond acceptors (Lipinski definition) is 5. The average Bonchev–Trinajstić information content (AvgIpc) is 2.92. The number of carbonyl (C=O) groups excluding carboxylic acids is 2. The molecule has 5 heteroatoms. The van der Waals surface area contributed by atoms with Gasteiger partial charge in [0.2, 0.25) is 0 Å². The fourth-order valence-electron chi connectivity index (χ4n) is 2.23.